The smallest absolute Gasteiger partial charge is 0.119 e. The molecule has 0 aliphatic carbocycles. The summed E-state index contributed by atoms with van der Waals surface area (Å²) in [4.78, 5) is 0. The quantitative estimate of drug-likeness (QED) is 0.845. The minimum Gasteiger partial charge on any atom is -0.497 e. The molecule has 0 radical (unpaired) electrons. The van der Waals surface area contributed by atoms with Gasteiger partial charge >= 0.3 is 0 Å². The van der Waals surface area contributed by atoms with Crippen LogP contribution in [-0.2, 0) is 6.42 Å². The SMILES string of the molecule is COc1ccc(Br)c([C@@H](N)[C@@H](O)Cc2ccccc2)c1.Cl. The lowest BCUT2D eigenvalue weighted by Crippen LogP contribution is -2.28. The minimum atomic E-state index is -0.652. The lowest BCUT2D eigenvalue weighted by Gasteiger charge is -2.21. The molecule has 0 fully saturated rings. The van der Waals surface area contributed by atoms with Gasteiger partial charge in [0.05, 0.1) is 19.3 Å². The third-order valence-electron chi connectivity index (χ3n) is 3.26. The first-order valence-electron chi connectivity index (χ1n) is 6.43. The van der Waals surface area contributed by atoms with Crippen molar-refractivity contribution in [2.45, 2.75) is 18.6 Å². The van der Waals surface area contributed by atoms with Gasteiger partial charge in [-0.3, -0.25) is 0 Å². The molecule has 0 aliphatic rings. The van der Waals surface area contributed by atoms with E-state index in [-0.39, 0.29) is 12.4 Å². The number of hydrogen-bond donors (Lipinski definition) is 2. The molecular formula is C16H19BrClNO2. The van der Waals surface area contributed by atoms with Crippen molar-refractivity contribution in [2.24, 2.45) is 5.73 Å². The predicted octanol–water partition coefficient (Wildman–Crippen LogP) is 3.48. The summed E-state index contributed by atoms with van der Waals surface area (Å²) in [5.74, 6) is 0.727. The number of rotatable bonds is 5. The van der Waals surface area contributed by atoms with Crippen LogP contribution in [0.25, 0.3) is 0 Å². The van der Waals surface area contributed by atoms with E-state index in [1.54, 1.807) is 7.11 Å². The van der Waals surface area contributed by atoms with Gasteiger partial charge in [0.1, 0.15) is 5.75 Å². The highest BCUT2D eigenvalue weighted by molar-refractivity contribution is 9.10. The average Bonchev–Trinajstić information content (AvgIpc) is 2.48. The van der Waals surface area contributed by atoms with Gasteiger partial charge in [0.15, 0.2) is 0 Å². The minimum absolute atomic E-state index is 0. The summed E-state index contributed by atoms with van der Waals surface area (Å²) >= 11 is 3.47. The Labute approximate surface area is 139 Å². The number of aliphatic hydroxyl groups excluding tert-OH is 1. The maximum Gasteiger partial charge on any atom is 0.119 e. The molecule has 2 rings (SSSR count). The van der Waals surface area contributed by atoms with Gasteiger partial charge in [0.25, 0.3) is 0 Å². The molecule has 0 bridgehead atoms. The van der Waals surface area contributed by atoms with Crippen LogP contribution in [0.4, 0.5) is 0 Å². The summed E-state index contributed by atoms with van der Waals surface area (Å²) in [6.07, 6.45) is -0.133. The van der Waals surface area contributed by atoms with Crippen molar-refractivity contribution in [3.8, 4) is 5.75 Å². The fraction of sp³-hybridized carbons (Fsp3) is 0.250. The molecule has 0 saturated carbocycles. The third-order valence-corrected chi connectivity index (χ3v) is 3.99. The Morgan fingerprint density at radius 2 is 1.86 bits per heavy atom. The Balaban J connectivity index is 0.00000220. The van der Waals surface area contributed by atoms with Gasteiger partial charge in [0, 0.05) is 10.9 Å². The van der Waals surface area contributed by atoms with Crippen LogP contribution >= 0.6 is 28.3 Å². The van der Waals surface area contributed by atoms with Crippen LogP contribution in [0.3, 0.4) is 0 Å². The highest BCUT2D eigenvalue weighted by atomic mass is 79.9. The van der Waals surface area contributed by atoms with E-state index in [0.717, 1.165) is 21.3 Å². The summed E-state index contributed by atoms with van der Waals surface area (Å²) in [6, 6.07) is 14.9. The van der Waals surface area contributed by atoms with E-state index >= 15 is 0 Å². The fourth-order valence-electron chi connectivity index (χ4n) is 2.09. The molecule has 2 aromatic rings. The number of methoxy groups -OCH3 is 1. The van der Waals surface area contributed by atoms with Crippen molar-refractivity contribution in [1.82, 2.24) is 0 Å². The van der Waals surface area contributed by atoms with E-state index in [9.17, 15) is 5.11 Å². The molecule has 0 aliphatic heterocycles. The number of hydrogen-bond acceptors (Lipinski definition) is 3. The van der Waals surface area contributed by atoms with Crippen LogP contribution in [0.15, 0.2) is 53.0 Å². The molecule has 0 heterocycles. The van der Waals surface area contributed by atoms with Crippen molar-refractivity contribution in [3.63, 3.8) is 0 Å². The molecule has 5 heteroatoms. The van der Waals surface area contributed by atoms with Crippen LogP contribution in [0.2, 0.25) is 0 Å². The molecular weight excluding hydrogens is 354 g/mol. The molecule has 0 aromatic heterocycles. The molecule has 0 saturated heterocycles. The summed E-state index contributed by atoms with van der Waals surface area (Å²) in [7, 11) is 1.61. The number of benzene rings is 2. The van der Waals surface area contributed by atoms with Crippen LogP contribution < -0.4 is 10.5 Å². The number of halogens is 2. The highest BCUT2D eigenvalue weighted by Gasteiger charge is 2.20. The van der Waals surface area contributed by atoms with Crippen molar-refractivity contribution in [2.75, 3.05) is 7.11 Å². The lowest BCUT2D eigenvalue weighted by atomic mass is 9.97. The zero-order chi connectivity index (χ0) is 14.5. The molecule has 2 aromatic carbocycles. The van der Waals surface area contributed by atoms with Crippen LogP contribution in [0.5, 0.6) is 5.75 Å². The molecule has 0 amide bonds. The van der Waals surface area contributed by atoms with E-state index < -0.39 is 12.1 Å². The van der Waals surface area contributed by atoms with Crippen molar-refractivity contribution in [1.29, 1.82) is 0 Å². The highest BCUT2D eigenvalue weighted by Crippen LogP contribution is 2.29. The largest absolute Gasteiger partial charge is 0.497 e. The van der Waals surface area contributed by atoms with Crippen LogP contribution in [0, 0.1) is 0 Å². The lowest BCUT2D eigenvalue weighted by molar-refractivity contribution is 0.144. The second-order valence-corrected chi connectivity index (χ2v) is 5.52. The topological polar surface area (TPSA) is 55.5 Å². The van der Waals surface area contributed by atoms with Gasteiger partial charge < -0.3 is 15.6 Å². The zero-order valence-corrected chi connectivity index (χ0v) is 14.1. The summed E-state index contributed by atoms with van der Waals surface area (Å²) < 4.78 is 6.07. The van der Waals surface area contributed by atoms with E-state index in [4.69, 9.17) is 10.5 Å². The van der Waals surface area contributed by atoms with E-state index in [0.29, 0.717) is 6.42 Å². The monoisotopic (exact) mass is 371 g/mol. The first kappa shape index (κ1) is 18.0. The first-order chi connectivity index (χ1) is 9.61. The van der Waals surface area contributed by atoms with Gasteiger partial charge in [-0.1, -0.05) is 46.3 Å². The van der Waals surface area contributed by atoms with Crippen LogP contribution in [-0.4, -0.2) is 18.3 Å². The molecule has 114 valence electrons. The normalized spacial score (nSPS) is 13.1. The van der Waals surface area contributed by atoms with E-state index in [1.165, 1.54) is 0 Å². The Kier molecular flexibility index (Phi) is 7.18. The molecule has 0 unspecified atom stereocenters. The fourth-order valence-corrected chi connectivity index (χ4v) is 2.61. The average molecular weight is 373 g/mol. The second-order valence-electron chi connectivity index (χ2n) is 4.67. The molecule has 3 nitrogen and oxygen atoms in total. The number of ether oxygens (including phenoxy) is 1. The predicted molar refractivity (Wildman–Crippen MR) is 91.0 cm³/mol. The molecule has 21 heavy (non-hydrogen) atoms. The van der Waals surface area contributed by atoms with Gasteiger partial charge in [0.2, 0.25) is 0 Å². The zero-order valence-electron chi connectivity index (χ0n) is 11.7. The third kappa shape index (κ3) is 4.71. The van der Waals surface area contributed by atoms with Gasteiger partial charge in [-0.25, -0.2) is 0 Å². The van der Waals surface area contributed by atoms with E-state index in [1.807, 2.05) is 48.5 Å². The van der Waals surface area contributed by atoms with Gasteiger partial charge in [-0.2, -0.15) is 0 Å². The Bertz CT molecular complexity index is 565. The van der Waals surface area contributed by atoms with E-state index in [2.05, 4.69) is 15.9 Å². The maximum absolute atomic E-state index is 10.3. The Morgan fingerprint density at radius 1 is 1.19 bits per heavy atom. The number of aliphatic hydroxyl groups is 1. The maximum atomic E-state index is 10.3. The Morgan fingerprint density at radius 3 is 2.48 bits per heavy atom. The van der Waals surface area contributed by atoms with Crippen molar-refractivity contribution < 1.29 is 9.84 Å². The molecule has 3 N–H and O–H groups in total. The summed E-state index contributed by atoms with van der Waals surface area (Å²) in [5.41, 5.74) is 8.08. The van der Waals surface area contributed by atoms with Crippen LogP contribution in [0.1, 0.15) is 17.2 Å². The summed E-state index contributed by atoms with van der Waals surface area (Å²) in [5, 5.41) is 10.3. The molecule has 0 spiro atoms. The Hall–Kier alpha value is -1.07. The molecule has 2 atom stereocenters. The van der Waals surface area contributed by atoms with Gasteiger partial charge in [-0.05, 0) is 29.3 Å². The standard InChI is InChI=1S/C16H18BrNO2.ClH/c1-20-12-7-8-14(17)13(10-12)16(18)15(19)9-11-5-3-2-4-6-11;/h2-8,10,15-16,19H,9,18H2,1H3;1H/t15-,16+;/m0./s1. The van der Waals surface area contributed by atoms with Crippen molar-refractivity contribution >= 4 is 28.3 Å². The number of nitrogens with two attached hydrogens (primary N) is 1. The second kappa shape index (κ2) is 8.39. The first-order valence-corrected chi connectivity index (χ1v) is 7.22. The van der Waals surface area contributed by atoms with Gasteiger partial charge in [-0.15, -0.1) is 12.4 Å². The van der Waals surface area contributed by atoms with Crippen molar-refractivity contribution in [3.05, 3.63) is 64.1 Å². The summed E-state index contributed by atoms with van der Waals surface area (Å²) in [6.45, 7) is 0.